The number of rotatable bonds is 4. The van der Waals surface area contributed by atoms with Crippen LogP contribution < -0.4 is 0 Å². The van der Waals surface area contributed by atoms with Crippen molar-refractivity contribution in [2.45, 2.75) is 19.3 Å². The maximum Gasteiger partial charge on any atom is 0.256 e. The molecule has 0 spiro atoms. The average molecular weight is 384 g/mol. The summed E-state index contributed by atoms with van der Waals surface area (Å²) in [7, 11) is 0. The van der Waals surface area contributed by atoms with Crippen molar-refractivity contribution in [3.63, 3.8) is 0 Å². The summed E-state index contributed by atoms with van der Waals surface area (Å²) in [6.45, 7) is 5.29. The molecular formula is C21H28N4O3. The van der Waals surface area contributed by atoms with Crippen molar-refractivity contribution in [2.24, 2.45) is 11.0 Å². The smallest absolute Gasteiger partial charge is 0.256 e. The minimum absolute atomic E-state index is 0.0453. The topological polar surface area (TPSA) is 65.5 Å². The van der Waals surface area contributed by atoms with E-state index in [0.29, 0.717) is 39.4 Å². The largest absolute Gasteiger partial charge is 0.378 e. The molecule has 0 atom stereocenters. The Hall–Kier alpha value is -2.25. The third-order valence-electron chi connectivity index (χ3n) is 5.82. The van der Waals surface area contributed by atoms with Gasteiger partial charge in [0.1, 0.15) is 0 Å². The first-order chi connectivity index (χ1) is 13.7. The molecule has 0 aliphatic carbocycles. The van der Waals surface area contributed by atoms with E-state index in [-0.39, 0.29) is 17.7 Å². The molecule has 1 aromatic carbocycles. The molecule has 0 aromatic heterocycles. The number of hydrazone groups is 1. The summed E-state index contributed by atoms with van der Waals surface area (Å²) in [5.74, 6) is 0.383. The lowest BCUT2D eigenvalue weighted by Crippen LogP contribution is -2.48. The normalized spacial score (nSPS) is 21.6. The lowest BCUT2D eigenvalue weighted by atomic mass is 9.95. The second-order valence-corrected chi connectivity index (χ2v) is 7.67. The van der Waals surface area contributed by atoms with Crippen molar-refractivity contribution in [3.05, 3.63) is 35.9 Å². The van der Waals surface area contributed by atoms with Crippen molar-refractivity contribution in [1.82, 2.24) is 14.8 Å². The van der Waals surface area contributed by atoms with Crippen LogP contribution in [0.5, 0.6) is 0 Å². The Labute approximate surface area is 165 Å². The molecule has 0 unspecified atom stereocenters. The van der Waals surface area contributed by atoms with E-state index in [4.69, 9.17) is 4.74 Å². The van der Waals surface area contributed by atoms with Gasteiger partial charge in [-0.3, -0.25) is 14.5 Å². The Morgan fingerprint density at radius 2 is 1.71 bits per heavy atom. The van der Waals surface area contributed by atoms with E-state index in [0.717, 1.165) is 43.6 Å². The van der Waals surface area contributed by atoms with E-state index in [9.17, 15) is 9.59 Å². The maximum atomic E-state index is 12.6. The predicted molar refractivity (Wildman–Crippen MR) is 106 cm³/mol. The first-order valence-corrected chi connectivity index (χ1v) is 10.2. The van der Waals surface area contributed by atoms with Crippen LogP contribution in [0.2, 0.25) is 0 Å². The summed E-state index contributed by atoms with van der Waals surface area (Å²) in [4.78, 5) is 29.3. The van der Waals surface area contributed by atoms with Gasteiger partial charge in [-0.25, -0.2) is 5.01 Å². The number of amides is 2. The van der Waals surface area contributed by atoms with Crippen LogP contribution in [0.25, 0.3) is 0 Å². The van der Waals surface area contributed by atoms with Gasteiger partial charge < -0.3 is 9.64 Å². The molecule has 7 heteroatoms. The monoisotopic (exact) mass is 384 g/mol. The minimum atomic E-state index is 0.0453. The number of morpholine rings is 1. The van der Waals surface area contributed by atoms with E-state index in [2.05, 4.69) is 10.0 Å². The zero-order chi connectivity index (χ0) is 19.3. The molecule has 2 saturated heterocycles. The van der Waals surface area contributed by atoms with Crippen LogP contribution >= 0.6 is 0 Å². The molecule has 3 heterocycles. The van der Waals surface area contributed by atoms with Gasteiger partial charge in [0.05, 0.1) is 32.0 Å². The highest BCUT2D eigenvalue weighted by atomic mass is 16.5. The number of hydrogen-bond donors (Lipinski definition) is 0. The Bertz CT molecular complexity index is 722. The van der Waals surface area contributed by atoms with Crippen LogP contribution in [0.1, 0.15) is 24.8 Å². The molecular weight excluding hydrogens is 356 g/mol. The zero-order valence-electron chi connectivity index (χ0n) is 16.3. The van der Waals surface area contributed by atoms with Crippen molar-refractivity contribution < 1.29 is 14.3 Å². The zero-order valence-corrected chi connectivity index (χ0v) is 16.3. The van der Waals surface area contributed by atoms with Crippen molar-refractivity contribution >= 4 is 17.5 Å². The lowest BCUT2D eigenvalue weighted by molar-refractivity contribution is -0.141. The van der Waals surface area contributed by atoms with Crippen LogP contribution in [-0.4, -0.2) is 84.8 Å². The third-order valence-corrected chi connectivity index (χ3v) is 5.82. The second-order valence-electron chi connectivity index (χ2n) is 7.67. The van der Waals surface area contributed by atoms with E-state index >= 15 is 0 Å². The average Bonchev–Trinajstić information content (AvgIpc) is 3.26. The number of carbonyl (C=O) groups is 2. The molecule has 0 saturated carbocycles. The molecule has 2 amide bonds. The third kappa shape index (κ3) is 4.42. The predicted octanol–water partition coefficient (Wildman–Crippen LogP) is 1.19. The fraction of sp³-hybridized carbons (Fsp3) is 0.571. The first-order valence-electron chi connectivity index (χ1n) is 10.2. The molecule has 7 nitrogen and oxygen atoms in total. The number of hydrogen-bond acceptors (Lipinski definition) is 5. The maximum absolute atomic E-state index is 12.6. The Morgan fingerprint density at radius 3 is 2.43 bits per heavy atom. The van der Waals surface area contributed by atoms with Crippen molar-refractivity contribution in [1.29, 1.82) is 0 Å². The van der Waals surface area contributed by atoms with Gasteiger partial charge >= 0.3 is 0 Å². The van der Waals surface area contributed by atoms with Crippen LogP contribution in [-0.2, 0) is 14.3 Å². The summed E-state index contributed by atoms with van der Waals surface area (Å²) in [5, 5.41) is 6.13. The Morgan fingerprint density at radius 1 is 1.00 bits per heavy atom. The summed E-state index contributed by atoms with van der Waals surface area (Å²) >= 11 is 0. The SMILES string of the molecule is O=C(C1CCN(CC(=O)N2CCC(c3ccccc3)=N2)CC1)N1CCOCC1. The van der Waals surface area contributed by atoms with Gasteiger partial charge in [0.25, 0.3) is 5.91 Å². The van der Waals surface area contributed by atoms with Gasteiger partial charge in [0.15, 0.2) is 0 Å². The van der Waals surface area contributed by atoms with E-state index in [1.54, 1.807) is 5.01 Å². The van der Waals surface area contributed by atoms with Gasteiger partial charge in [-0.05, 0) is 31.5 Å². The fourth-order valence-corrected chi connectivity index (χ4v) is 4.12. The number of benzene rings is 1. The lowest BCUT2D eigenvalue weighted by Gasteiger charge is -2.35. The standard InChI is InChI=1S/C21H28N4O3/c26-20(25-11-8-19(22-25)17-4-2-1-3-5-17)16-23-9-6-18(7-10-23)21(27)24-12-14-28-15-13-24/h1-5,18H,6-16H2. The summed E-state index contributed by atoms with van der Waals surface area (Å²) in [6.07, 6.45) is 2.44. The fourth-order valence-electron chi connectivity index (χ4n) is 4.12. The highest BCUT2D eigenvalue weighted by Crippen LogP contribution is 2.21. The number of piperidine rings is 1. The minimum Gasteiger partial charge on any atom is -0.378 e. The molecule has 28 heavy (non-hydrogen) atoms. The van der Waals surface area contributed by atoms with E-state index < -0.39 is 0 Å². The molecule has 150 valence electrons. The quantitative estimate of drug-likeness (QED) is 0.782. The number of carbonyl (C=O) groups excluding carboxylic acids is 2. The van der Waals surface area contributed by atoms with Crippen LogP contribution in [0.4, 0.5) is 0 Å². The van der Waals surface area contributed by atoms with Crippen molar-refractivity contribution in [3.8, 4) is 0 Å². The van der Waals surface area contributed by atoms with Crippen LogP contribution in [0, 0.1) is 5.92 Å². The molecule has 0 radical (unpaired) electrons. The molecule has 0 N–H and O–H groups in total. The van der Waals surface area contributed by atoms with Gasteiger partial charge in [-0.15, -0.1) is 0 Å². The van der Waals surface area contributed by atoms with E-state index in [1.165, 1.54) is 0 Å². The second kappa shape index (κ2) is 8.84. The summed E-state index contributed by atoms with van der Waals surface area (Å²) in [5.41, 5.74) is 2.06. The number of likely N-dealkylation sites (tertiary alicyclic amines) is 1. The highest BCUT2D eigenvalue weighted by Gasteiger charge is 2.31. The van der Waals surface area contributed by atoms with Crippen LogP contribution in [0.3, 0.4) is 0 Å². The molecule has 3 aliphatic heterocycles. The number of nitrogens with zero attached hydrogens (tertiary/aromatic N) is 4. The molecule has 0 bridgehead atoms. The number of ether oxygens (including phenoxy) is 1. The summed E-state index contributed by atoms with van der Waals surface area (Å²) in [6, 6.07) is 10.0. The van der Waals surface area contributed by atoms with Crippen molar-refractivity contribution in [2.75, 3.05) is 52.5 Å². The Balaban J connectivity index is 1.25. The van der Waals surface area contributed by atoms with Gasteiger partial charge in [-0.2, -0.15) is 5.10 Å². The van der Waals surface area contributed by atoms with Gasteiger partial charge in [0, 0.05) is 25.4 Å². The van der Waals surface area contributed by atoms with E-state index in [1.807, 2.05) is 35.2 Å². The molecule has 2 fully saturated rings. The van der Waals surface area contributed by atoms with Gasteiger partial charge in [0.2, 0.25) is 5.91 Å². The molecule has 4 rings (SSSR count). The highest BCUT2D eigenvalue weighted by molar-refractivity contribution is 6.02. The summed E-state index contributed by atoms with van der Waals surface area (Å²) < 4.78 is 5.33. The molecule has 1 aromatic rings. The van der Waals surface area contributed by atoms with Gasteiger partial charge in [-0.1, -0.05) is 30.3 Å². The van der Waals surface area contributed by atoms with Crippen LogP contribution in [0.15, 0.2) is 35.4 Å². The molecule has 3 aliphatic rings. The Kier molecular flexibility index (Phi) is 6.02. The first kappa shape index (κ1) is 19.1.